The first-order valence-corrected chi connectivity index (χ1v) is 4.31. The maximum Gasteiger partial charge on any atom is 0.327 e. The zero-order chi connectivity index (χ0) is 12.7. The monoisotopic (exact) mass is 217 g/mol. The van der Waals surface area contributed by atoms with E-state index in [0.29, 0.717) is 0 Å². The fourth-order valence-electron chi connectivity index (χ4n) is 0.204. The number of carboxylic acids is 1. The Balaban J connectivity index is -0.000000144. The number of carbonyl (C=O) groups is 2. The third-order valence-electron chi connectivity index (χ3n) is 0.784. The summed E-state index contributed by atoms with van der Waals surface area (Å²) in [6.45, 7) is 11.7. The van der Waals surface area contributed by atoms with Crippen molar-refractivity contribution in [2.24, 2.45) is 5.73 Å². The first kappa shape index (κ1) is 19.0. The van der Waals surface area contributed by atoms with Crippen LogP contribution in [-0.2, 0) is 14.3 Å². The molecule has 15 heavy (non-hydrogen) atoms. The van der Waals surface area contributed by atoms with Gasteiger partial charge < -0.3 is 15.6 Å². The molecule has 0 saturated carbocycles. The molecular weight excluding hydrogens is 198 g/mol. The number of hydrogen-bond acceptors (Lipinski definition) is 3. The highest BCUT2D eigenvalue weighted by Gasteiger charge is 1.73. The van der Waals surface area contributed by atoms with Gasteiger partial charge in [-0.1, -0.05) is 13.2 Å². The molecule has 0 atom stereocenters. The van der Waals surface area contributed by atoms with Crippen LogP contribution >= 0.6 is 0 Å². The van der Waals surface area contributed by atoms with Crippen LogP contribution in [0.2, 0.25) is 0 Å². The number of carboxylic acid groups (broad SMARTS) is 1. The summed E-state index contributed by atoms with van der Waals surface area (Å²) in [5.41, 5.74) is 4.53. The topological polar surface area (TPSA) is 89.6 Å². The molecule has 0 bridgehead atoms. The van der Waals surface area contributed by atoms with Crippen molar-refractivity contribution < 1.29 is 19.4 Å². The summed E-state index contributed by atoms with van der Waals surface area (Å²) < 4.78 is 4.83. The largest absolute Gasteiger partial charge is 0.478 e. The highest BCUT2D eigenvalue weighted by atomic mass is 16.5. The number of aliphatic carboxylic acids is 1. The van der Waals surface area contributed by atoms with Gasteiger partial charge in [-0.05, 0) is 19.9 Å². The van der Waals surface area contributed by atoms with E-state index in [1.807, 2.05) is 13.8 Å². The average Bonchev–Trinajstić information content (AvgIpc) is 2.20. The average molecular weight is 217 g/mol. The number of primary amides is 1. The van der Waals surface area contributed by atoms with E-state index in [1.165, 1.54) is 0 Å². The van der Waals surface area contributed by atoms with Gasteiger partial charge in [-0.15, -0.1) is 0 Å². The molecule has 0 radical (unpaired) electrons. The van der Waals surface area contributed by atoms with Crippen LogP contribution in [0, 0.1) is 0 Å². The SMILES string of the molecule is C=CC(=O)O.C=CC(N)=O.CCOCC. The number of amides is 1. The predicted octanol–water partition coefficient (Wildman–Crippen LogP) is 0.957. The molecule has 0 fully saturated rings. The molecule has 5 heteroatoms. The van der Waals surface area contributed by atoms with E-state index in [1.54, 1.807) is 0 Å². The number of hydrogen-bond donors (Lipinski definition) is 2. The van der Waals surface area contributed by atoms with Crippen molar-refractivity contribution in [1.82, 2.24) is 0 Å². The highest BCUT2D eigenvalue weighted by Crippen LogP contribution is 1.64. The van der Waals surface area contributed by atoms with Gasteiger partial charge in [-0.2, -0.15) is 0 Å². The Kier molecular flexibility index (Phi) is 23.1. The molecule has 0 spiro atoms. The molecule has 0 saturated heterocycles. The van der Waals surface area contributed by atoms with Gasteiger partial charge in [-0.25, -0.2) is 4.79 Å². The normalized spacial score (nSPS) is 7.07. The van der Waals surface area contributed by atoms with Crippen molar-refractivity contribution in [3.8, 4) is 0 Å². The lowest BCUT2D eigenvalue weighted by Gasteiger charge is -1.86. The molecular formula is C10H19NO4. The van der Waals surface area contributed by atoms with Gasteiger partial charge in [-0.3, -0.25) is 4.79 Å². The van der Waals surface area contributed by atoms with E-state index in [0.717, 1.165) is 25.4 Å². The van der Waals surface area contributed by atoms with Gasteiger partial charge in [0.05, 0.1) is 0 Å². The van der Waals surface area contributed by atoms with Crippen molar-refractivity contribution in [3.63, 3.8) is 0 Å². The maximum absolute atomic E-state index is 9.47. The minimum Gasteiger partial charge on any atom is -0.478 e. The van der Waals surface area contributed by atoms with E-state index in [4.69, 9.17) is 9.84 Å². The molecule has 88 valence electrons. The zero-order valence-corrected chi connectivity index (χ0v) is 9.23. The van der Waals surface area contributed by atoms with Crippen LogP contribution in [0.15, 0.2) is 25.3 Å². The number of nitrogens with two attached hydrogens (primary N) is 1. The van der Waals surface area contributed by atoms with Crippen LogP contribution in [0.5, 0.6) is 0 Å². The first-order valence-electron chi connectivity index (χ1n) is 4.31. The summed E-state index contributed by atoms with van der Waals surface area (Å²) in [5.74, 6) is -1.46. The Morgan fingerprint density at radius 3 is 1.53 bits per heavy atom. The molecule has 5 nitrogen and oxygen atoms in total. The van der Waals surface area contributed by atoms with Crippen molar-refractivity contribution in [2.45, 2.75) is 13.8 Å². The lowest BCUT2D eigenvalue weighted by Crippen LogP contribution is -2.04. The quantitative estimate of drug-likeness (QED) is 0.686. The maximum atomic E-state index is 9.47. The van der Waals surface area contributed by atoms with Gasteiger partial charge in [0.25, 0.3) is 0 Å². The van der Waals surface area contributed by atoms with Crippen molar-refractivity contribution in [2.75, 3.05) is 13.2 Å². The van der Waals surface area contributed by atoms with Gasteiger partial charge in [0.1, 0.15) is 0 Å². The van der Waals surface area contributed by atoms with Crippen LogP contribution in [0.1, 0.15) is 13.8 Å². The van der Waals surface area contributed by atoms with Crippen LogP contribution in [0.3, 0.4) is 0 Å². The van der Waals surface area contributed by atoms with E-state index in [2.05, 4.69) is 18.9 Å². The predicted molar refractivity (Wildman–Crippen MR) is 59.4 cm³/mol. The summed E-state index contributed by atoms with van der Waals surface area (Å²) in [7, 11) is 0. The Labute approximate surface area is 90.2 Å². The second kappa shape index (κ2) is 18.2. The van der Waals surface area contributed by atoms with E-state index in [9.17, 15) is 9.59 Å². The van der Waals surface area contributed by atoms with Crippen LogP contribution in [0.25, 0.3) is 0 Å². The first-order chi connectivity index (χ1) is 6.95. The van der Waals surface area contributed by atoms with E-state index < -0.39 is 11.9 Å². The summed E-state index contributed by atoms with van der Waals surface area (Å²) in [6, 6.07) is 0. The van der Waals surface area contributed by atoms with E-state index in [-0.39, 0.29) is 0 Å². The second-order valence-corrected chi connectivity index (χ2v) is 1.93. The molecule has 0 rings (SSSR count). The Bertz CT molecular complexity index is 170. The smallest absolute Gasteiger partial charge is 0.327 e. The summed E-state index contributed by atoms with van der Waals surface area (Å²) in [6.07, 6.45) is 1.89. The molecule has 0 aliphatic rings. The second-order valence-electron chi connectivity index (χ2n) is 1.93. The van der Waals surface area contributed by atoms with Crippen LogP contribution in [-0.4, -0.2) is 30.2 Å². The number of rotatable bonds is 4. The number of carbonyl (C=O) groups excluding carboxylic acids is 1. The number of ether oxygens (including phenoxy) is 1. The van der Waals surface area contributed by atoms with Crippen LogP contribution < -0.4 is 5.73 Å². The van der Waals surface area contributed by atoms with Gasteiger partial charge in [0.2, 0.25) is 5.91 Å². The minimum absolute atomic E-state index is 0.481. The third-order valence-corrected chi connectivity index (χ3v) is 0.784. The highest BCUT2D eigenvalue weighted by molar-refractivity contribution is 5.84. The van der Waals surface area contributed by atoms with Crippen molar-refractivity contribution in [1.29, 1.82) is 0 Å². The standard InChI is InChI=1S/C4H10O.C3H5NO.C3H4O2/c1-3-5-4-2;2*1-2-3(4)5/h3-4H2,1-2H3;2H,1H2,(H2,4,5);2H,1H2,(H,4,5). The summed E-state index contributed by atoms with van der Waals surface area (Å²) in [5, 5.41) is 7.60. The molecule has 0 aromatic carbocycles. The zero-order valence-electron chi connectivity index (χ0n) is 9.23. The lowest BCUT2D eigenvalue weighted by molar-refractivity contribution is -0.131. The molecule has 0 aliphatic heterocycles. The van der Waals surface area contributed by atoms with Crippen molar-refractivity contribution in [3.05, 3.63) is 25.3 Å². The van der Waals surface area contributed by atoms with Crippen LogP contribution in [0.4, 0.5) is 0 Å². The van der Waals surface area contributed by atoms with E-state index >= 15 is 0 Å². The van der Waals surface area contributed by atoms with Gasteiger partial charge >= 0.3 is 5.97 Å². The Morgan fingerprint density at radius 1 is 1.27 bits per heavy atom. The van der Waals surface area contributed by atoms with Gasteiger partial charge in [0.15, 0.2) is 0 Å². The molecule has 0 unspecified atom stereocenters. The van der Waals surface area contributed by atoms with Gasteiger partial charge in [0, 0.05) is 19.3 Å². The minimum atomic E-state index is -0.981. The molecule has 0 aromatic rings. The summed E-state index contributed by atoms with van der Waals surface area (Å²) in [4.78, 5) is 18.7. The molecule has 1 amide bonds. The fraction of sp³-hybridized carbons (Fsp3) is 0.400. The molecule has 0 aliphatic carbocycles. The van der Waals surface area contributed by atoms with Crippen molar-refractivity contribution >= 4 is 11.9 Å². The summed E-state index contributed by atoms with van der Waals surface area (Å²) >= 11 is 0. The molecule has 3 N–H and O–H groups in total. The fourth-order valence-corrected chi connectivity index (χ4v) is 0.204. The Hall–Kier alpha value is -1.62. The lowest BCUT2D eigenvalue weighted by atomic mass is 10.6. The Morgan fingerprint density at radius 2 is 1.53 bits per heavy atom. The third kappa shape index (κ3) is 69.5. The molecule has 0 aromatic heterocycles. The molecule has 0 heterocycles.